The van der Waals surface area contributed by atoms with Crippen molar-refractivity contribution in [2.75, 3.05) is 5.75 Å². The molecular formula is C13H20N2O3S2. The standard InChI is InChI=1S/C13H20N2O3S2/c1-4-5-13(3,12(17)18)15-11(16)8-19-6-10-7-20-9(2)14-10/h7H,4-6,8H2,1-3H3,(H,15,16)(H,17,18). The van der Waals surface area contributed by atoms with E-state index in [2.05, 4.69) is 10.3 Å². The van der Waals surface area contributed by atoms with E-state index in [9.17, 15) is 14.7 Å². The third-order valence-corrected chi connectivity index (χ3v) is 4.58. The minimum atomic E-state index is -1.18. The maximum absolute atomic E-state index is 11.8. The summed E-state index contributed by atoms with van der Waals surface area (Å²) >= 11 is 3.02. The lowest BCUT2D eigenvalue weighted by Gasteiger charge is -2.25. The second-order valence-electron chi connectivity index (χ2n) is 4.79. The Bertz CT molecular complexity index is 476. The van der Waals surface area contributed by atoms with Crippen LogP contribution in [-0.4, -0.2) is 33.3 Å². The first-order chi connectivity index (χ1) is 9.37. The molecule has 0 aromatic carbocycles. The molecule has 112 valence electrons. The number of carboxylic acids is 1. The molecule has 1 aromatic rings. The zero-order valence-electron chi connectivity index (χ0n) is 11.9. The third kappa shape index (κ3) is 5.13. The van der Waals surface area contributed by atoms with E-state index < -0.39 is 11.5 Å². The molecule has 1 rings (SSSR count). The fourth-order valence-corrected chi connectivity index (χ4v) is 3.22. The highest BCUT2D eigenvalue weighted by molar-refractivity contribution is 7.99. The van der Waals surface area contributed by atoms with Gasteiger partial charge >= 0.3 is 5.97 Å². The summed E-state index contributed by atoms with van der Waals surface area (Å²) in [6.45, 7) is 5.38. The van der Waals surface area contributed by atoms with Gasteiger partial charge in [-0.25, -0.2) is 9.78 Å². The zero-order valence-corrected chi connectivity index (χ0v) is 13.6. The first-order valence-corrected chi connectivity index (χ1v) is 8.44. The highest BCUT2D eigenvalue weighted by Crippen LogP contribution is 2.16. The Balaban J connectivity index is 2.40. The first kappa shape index (κ1) is 17.0. The number of aryl methyl sites for hydroxylation is 1. The van der Waals surface area contributed by atoms with Gasteiger partial charge in [-0.05, 0) is 20.3 Å². The van der Waals surface area contributed by atoms with E-state index in [1.54, 1.807) is 18.3 Å². The minimum Gasteiger partial charge on any atom is -0.480 e. The maximum atomic E-state index is 11.8. The van der Waals surface area contributed by atoms with Crippen molar-refractivity contribution in [2.45, 2.75) is 44.9 Å². The molecule has 5 nitrogen and oxygen atoms in total. The molecule has 0 spiro atoms. The third-order valence-electron chi connectivity index (χ3n) is 2.79. The van der Waals surface area contributed by atoms with Crippen molar-refractivity contribution in [2.24, 2.45) is 0 Å². The maximum Gasteiger partial charge on any atom is 0.329 e. The van der Waals surface area contributed by atoms with Crippen LogP contribution in [0.3, 0.4) is 0 Å². The predicted octanol–water partition coefficient (Wildman–Crippen LogP) is 2.44. The van der Waals surface area contributed by atoms with Crippen LogP contribution in [-0.2, 0) is 15.3 Å². The summed E-state index contributed by atoms with van der Waals surface area (Å²) in [6.07, 6.45) is 1.12. The molecule has 0 radical (unpaired) electrons. The van der Waals surface area contributed by atoms with Crippen molar-refractivity contribution in [1.29, 1.82) is 0 Å². The number of amides is 1. The molecule has 0 saturated heterocycles. The largest absolute Gasteiger partial charge is 0.480 e. The molecule has 0 bridgehead atoms. The Labute approximate surface area is 127 Å². The van der Waals surface area contributed by atoms with Crippen LogP contribution in [0.2, 0.25) is 0 Å². The van der Waals surface area contributed by atoms with Crippen molar-refractivity contribution >= 4 is 35.0 Å². The molecule has 0 aliphatic heterocycles. The number of nitrogens with one attached hydrogen (secondary N) is 1. The van der Waals surface area contributed by atoms with Gasteiger partial charge in [-0.15, -0.1) is 23.1 Å². The van der Waals surface area contributed by atoms with Crippen LogP contribution in [0.15, 0.2) is 5.38 Å². The number of carbonyl (C=O) groups is 2. The van der Waals surface area contributed by atoms with Gasteiger partial charge < -0.3 is 10.4 Å². The highest BCUT2D eigenvalue weighted by atomic mass is 32.2. The van der Waals surface area contributed by atoms with Crippen LogP contribution >= 0.6 is 23.1 Å². The SMILES string of the molecule is CCCC(C)(NC(=O)CSCc1csc(C)n1)C(=O)O. The van der Waals surface area contributed by atoms with E-state index in [1.165, 1.54) is 11.8 Å². The molecule has 7 heteroatoms. The van der Waals surface area contributed by atoms with Crippen molar-refractivity contribution in [3.63, 3.8) is 0 Å². The number of thiazole rings is 1. The number of thioether (sulfide) groups is 1. The van der Waals surface area contributed by atoms with E-state index >= 15 is 0 Å². The smallest absolute Gasteiger partial charge is 0.329 e. The van der Waals surface area contributed by atoms with Gasteiger partial charge in [0, 0.05) is 11.1 Å². The van der Waals surface area contributed by atoms with E-state index in [4.69, 9.17) is 0 Å². The van der Waals surface area contributed by atoms with E-state index in [1.807, 2.05) is 19.2 Å². The number of carbonyl (C=O) groups excluding carboxylic acids is 1. The molecule has 1 aromatic heterocycles. The minimum absolute atomic E-state index is 0.239. The molecule has 1 atom stereocenters. The Morgan fingerprint density at radius 3 is 2.75 bits per heavy atom. The molecule has 20 heavy (non-hydrogen) atoms. The van der Waals surface area contributed by atoms with Gasteiger partial charge in [0.05, 0.1) is 16.5 Å². The Kier molecular flexibility index (Phi) is 6.48. The lowest BCUT2D eigenvalue weighted by molar-refractivity contribution is -0.146. The molecule has 0 aliphatic rings. The van der Waals surface area contributed by atoms with Crippen LogP contribution in [0.5, 0.6) is 0 Å². The van der Waals surface area contributed by atoms with Crippen LogP contribution < -0.4 is 5.32 Å². The average molecular weight is 316 g/mol. The number of aromatic nitrogens is 1. The summed E-state index contributed by atoms with van der Waals surface area (Å²) in [5.41, 5.74) is -0.219. The topological polar surface area (TPSA) is 79.3 Å². The zero-order chi connectivity index (χ0) is 15.2. The van der Waals surface area contributed by atoms with Gasteiger partial charge in [0.1, 0.15) is 5.54 Å². The van der Waals surface area contributed by atoms with Crippen molar-refractivity contribution in [3.8, 4) is 0 Å². The van der Waals surface area contributed by atoms with Gasteiger partial charge in [-0.2, -0.15) is 0 Å². The van der Waals surface area contributed by atoms with Gasteiger partial charge in [0.2, 0.25) is 5.91 Å². The fraction of sp³-hybridized carbons (Fsp3) is 0.615. The van der Waals surface area contributed by atoms with E-state index in [-0.39, 0.29) is 11.7 Å². The Hall–Kier alpha value is -1.08. The normalized spacial score (nSPS) is 13.8. The van der Waals surface area contributed by atoms with Gasteiger partial charge in [0.15, 0.2) is 0 Å². The average Bonchev–Trinajstić information content (AvgIpc) is 2.75. The Morgan fingerprint density at radius 2 is 2.25 bits per heavy atom. The first-order valence-electron chi connectivity index (χ1n) is 6.40. The lowest BCUT2D eigenvalue weighted by Crippen LogP contribution is -2.52. The summed E-state index contributed by atoms with van der Waals surface area (Å²) in [5.74, 6) is -0.341. The van der Waals surface area contributed by atoms with Crippen LogP contribution in [0.4, 0.5) is 0 Å². The van der Waals surface area contributed by atoms with Gasteiger partial charge in [-0.1, -0.05) is 13.3 Å². The number of nitrogens with zero attached hydrogens (tertiary/aromatic N) is 1. The summed E-state index contributed by atoms with van der Waals surface area (Å²) in [6, 6.07) is 0. The number of hydrogen-bond acceptors (Lipinski definition) is 5. The number of carboxylic acid groups (broad SMARTS) is 1. The van der Waals surface area contributed by atoms with Gasteiger partial charge in [0.25, 0.3) is 0 Å². The molecule has 0 aliphatic carbocycles. The summed E-state index contributed by atoms with van der Waals surface area (Å²) in [4.78, 5) is 27.3. The van der Waals surface area contributed by atoms with E-state index in [0.29, 0.717) is 18.6 Å². The summed E-state index contributed by atoms with van der Waals surface area (Å²) in [7, 11) is 0. The predicted molar refractivity (Wildman–Crippen MR) is 82.1 cm³/mol. The molecule has 1 unspecified atom stereocenters. The van der Waals surface area contributed by atoms with Crippen LogP contribution in [0, 0.1) is 6.92 Å². The number of aliphatic carboxylic acids is 1. The molecule has 1 amide bonds. The summed E-state index contributed by atoms with van der Waals surface area (Å²) in [5, 5.41) is 14.8. The van der Waals surface area contributed by atoms with Crippen LogP contribution in [0.1, 0.15) is 37.4 Å². The monoisotopic (exact) mass is 316 g/mol. The second-order valence-corrected chi connectivity index (χ2v) is 6.83. The quantitative estimate of drug-likeness (QED) is 0.770. The number of hydrogen-bond donors (Lipinski definition) is 2. The summed E-state index contributed by atoms with van der Waals surface area (Å²) < 4.78 is 0. The number of rotatable bonds is 8. The molecular weight excluding hydrogens is 296 g/mol. The molecule has 0 fully saturated rings. The van der Waals surface area contributed by atoms with Crippen molar-refractivity contribution < 1.29 is 14.7 Å². The van der Waals surface area contributed by atoms with Gasteiger partial charge in [-0.3, -0.25) is 4.79 Å². The van der Waals surface area contributed by atoms with Crippen molar-refractivity contribution in [1.82, 2.24) is 10.3 Å². The van der Waals surface area contributed by atoms with Crippen molar-refractivity contribution in [3.05, 3.63) is 16.1 Å². The Morgan fingerprint density at radius 1 is 1.55 bits per heavy atom. The fourth-order valence-electron chi connectivity index (χ4n) is 1.79. The highest BCUT2D eigenvalue weighted by Gasteiger charge is 2.33. The second kappa shape index (κ2) is 7.64. The van der Waals surface area contributed by atoms with Crippen LogP contribution in [0.25, 0.3) is 0 Å². The lowest BCUT2D eigenvalue weighted by atomic mass is 9.96. The molecule has 1 heterocycles. The molecule has 2 N–H and O–H groups in total. The van der Waals surface area contributed by atoms with E-state index in [0.717, 1.165) is 10.7 Å². The molecule has 0 saturated carbocycles.